The van der Waals surface area contributed by atoms with Gasteiger partial charge in [-0.2, -0.15) is 5.10 Å². The van der Waals surface area contributed by atoms with E-state index in [0.717, 1.165) is 43.3 Å². The van der Waals surface area contributed by atoms with Gasteiger partial charge in [0.25, 0.3) is 0 Å². The minimum Gasteiger partial charge on any atom is -0.496 e. The van der Waals surface area contributed by atoms with Crippen molar-refractivity contribution in [2.45, 2.75) is 19.4 Å². The van der Waals surface area contributed by atoms with Crippen LogP contribution in [-0.2, 0) is 18.2 Å². The number of halogens is 1. The number of hydrogen-bond donors (Lipinski definition) is 1. The predicted octanol–water partition coefficient (Wildman–Crippen LogP) is 2.55. The topological polar surface area (TPSA) is 63.9 Å². The molecule has 2 aromatic rings. The summed E-state index contributed by atoms with van der Waals surface area (Å²) in [6.07, 6.45) is 4.77. The monoisotopic (exact) mass is 499 g/mol. The molecule has 8 heteroatoms. The highest BCUT2D eigenvalue weighted by atomic mass is 127. The third-order valence-electron chi connectivity index (χ3n) is 4.79. The molecule has 1 aromatic carbocycles. The van der Waals surface area contributed by atoms with Gasteiger partial charge in [0.1, 0.15) is 11.9 Å². The Labute approximate surface area is 184 Å². The largest absolute Gasteiger partial charge is 0.496 e. The Morgan fingerprint density at radius 2 is 2.25 bits per heavy atom. The summed E-state index contributed by atoms with van der Waals surface area (Å²) in [6.45, 7) is 5.15. The van der Waals surface area contributed by atoms with Gasteiger partial charge in [0.15, 0.2) is 5.96 Å². The van der Waals surface area contributed by atoms with Crippen molar-refractivity contribution in [3.63, 3.8) is 0 Å². The number of aromatic nitrogens is 2. The molecule has 1 N–H and O–H groups in total. The molecule has 28 heavy (non-hydrogen) atoms. The third-order valence-corrected chi connectivity index (χ3v) is 4.79. The molecule has 1 unspecified atom stereocenters. The number of methoxy groups -OCH3 is 1. The van der Waals surface area contributed by atoms with E-state index in [0.29, 0.717) is 6.61 Å². The van der Waals surface area contributed by atoms with Crippen LogP contribution in [0.25, 0.3) is 0 Å². The van der Waals surface area contributed by atoms with Crippen molar-refractivity contribution < 1.29 is 9.47 Å². The fraction of sp³-hybridized carbons (Fsp3) is 0.500. The summed E-state index contributed by atoms with van der Waals surface area (Å²) >= 11 is 0. The lowest BCUT2D eigenvalue weighted by Gasteiger charge is -2.34. The second kappa shape index (κ2) is 10.7. The van der Waals surface area contributed by atoms with Crippen LogP contribution < -0.4 is 10.1 Å². The lowest BCUT2D eigenvalue weighted by molar-refractivity contribution is -0.00800. The Morgan fingerprint density at radius 3 is 2.93 bits per heavy atom. The number of guanidine groups is 1. The molecule has 1 saturated heterocycles. The van der Waals surface area contributed by atoms with Gasteiger partial charge in [-0.15, -0.1) is 24.0 Å². The molecular formula is C20H30IN5O2. The minimum absolute atomic E-state index is 0. The molecule has 7 nitrogen and oxygen atoms in total. The lowest BCUT2D eigenvalue weighted by Crippen LogP contribution is -2.48. The van der Waals surface area contributed by atoms with E-state index < -0.39 is 0 Å². The van der Waals surface area contributed by atoms with E-state index in [1.54, 1.807) is 11.8 Å². The van der Waals surface area contributed by atoms with Crippen LogP contribution in [0.1, 0.15) is 22.8 Å². The average Bonchev–Trinajstić information content (AvgIpc) is 3.12. The lowest BCUT2D eigenvalue weighted by atomic mass is 10.1. The number of hydrogen-bond acceptors (Lipinski definition) is 4. The summed E-state index contributed by atoms with van der Waals surface area (Å²) in [7, 11) is 5.46. The number of aryl methyl sites for hydroxylation is 2. The van der Waals surface area contributed by atoms with Gasteiger partial charge in [-0.25, -0.2) is 0 Å². The first-order valence-corrected chi connectivity index (χ1v) is 9.30. The molecule has 0 spiro atoms. The summed E-state index contributed by atoms with van der Waals surface area (Å²) in [4.78, 5) is 6.70. The minimum atomic E-state index is 0. The summed E-state index contributed by atoms with van der Waals surface area (Å²) in [5.74, 6) is 1.83. The fourth-order valence-corrected chi connectivity index (χ4v) is 3.39. The maximum atomic E-state index is 5.93. The molecule has 1 fully saturated rings. The van der Waals surface area contributed by atoms with Crippen molar-refractivity contribution in [3.8, 4) is 5.75 Å². The zero-order valence-electron chi connectivity index (χ0n) is 17.0. The molecule has 0 saturated carbocycles. The number of ether oxygens (including phenoxy) is 2. The van der Waals surface area contributed by atoms with Crippen molar-refractivity contribution in [2.24, 2.45) is 12.0 Å². The highest BCUT2D eigenvalue weighted by Gasteiger charge is 2.25. The van der Waals surface area contributed by atoms with Crippen LogP contribution in [0.2, 0.25) is 0 Å². The quantitative estimate of drug-likeness (QED) is 0.389. The number of nitrogens with zero attached hydrogens (tertiary/aromatic N) is 4. The van der Waals surface area contributed by atoms with E-state index in [9.17, 15) is 0 Å². The average molecular weight is 499 g/mol. The predicted molar refractivity (Wildman–Crippen MR) is 122 cm³/mol. The molecule has 1 aliphatic heterocycles. The van der Waals surface area contributed by atoms with E-state index in [1.807, 2.05) is 32.6 Å². The zero-order chi connectivity index (χ0) is 19.2. The maximum Gasteiger partial charge on any atom is 0.193 e. The molecule has 1 aromatic heterocycles. The third kappa shape index (κ3) is 5.60. The summed E-state index contributed by atoms with van der Waals surface area (Å²) in [6, 6.07) is 6.28. The fourth-order valence-electron chi connectivity index (χ4n) is 3.39. The van der Waals surface area contributed by atoms with Crippen LogP contribution in [0.5, 0.6) is 5.75 Å². The Bertz CT molecular complexity index is 793. The van der Waals surface area contributed by atoms with Crippen molar-refractivity contribution in [2.75, 3.05) is 40.4 Å². The zero-order valence-corrected chi connectivity index (χ0v) is 19.3. The number of aliphatic imine (C=N–C) groups is 1. The molecular weight excluding hydrogens is 469 g/mol. The Balaban J connectivity index is 0.00000280. The smallest absolute Gasteiger partial charge is 0.193 e. The highest BCUT2D eigenvalue weighted by Crippen LogP contribution is 2.22. The van der Waals surface area contributed by atoms with Gasteiger partial charge in [0.2, 0.25) is 0 Å². The Kier molecular flexibility index (Phi) is 8.56. The van der Waals surface area contributed by atoms with E-state index in [1.165, 1.54) is 11.1 Å². The van der Waals surface area contributed by atoms with Crippen molar-refractivity contribution in [1.29, 1.82) is 0 Å². The number of nitrogens with one attached hydrogen (secondary N) is 1. The molecule has 1 atom stereocenters. The molecule has 0 radical (unpaired) electrons. The maximum absolute atomic E-state index is 5.93. The second-order valence-electron chi connectivity index (χ2n) is 6.79. The van der Waals surface area contributed by atoms with E-state index in [4.69, 9.17) is 9.47 Å². The van der Waals surface area contributed by atoms with Gasteiger partial charge in [0.05, 0.1) is 26.5 Å². The summed E-state index contributed by atoms with van der Waals surface area (Å²) in [5.41, 5.74) is 3.54. The van der Waals surface area contributed by atoms with Gasteiger partial charge >= 0.3 is 0 Å². The van der Waals surface area contributed by atoms with Crippen molar-refractivity contribution in [3.05, 3.63) is 47.3 Å². The first kappa shape index (κ1) is 22.5. The number of benzene rings is 1. The van der Waals surface area contributed by atoms with Gasteiger partial charge in [-0.05, 0) is 25.0 Å². The molecule has 3 rings (SSSR count). The van der Waals surface area contributed by atoms with Crippen LogP contribution in [-0.4, -0.2) is 61.0 Å². The van der Waals surface area contributed by atoms with Crippen LogP contribution >= 0.6 is 24.0 Å². The Morgan fingerprint density at radius 1 is 1.43 bits per heavy atom. The Hall–Kier alpha value is -1.81. The van der Waals surface area contributed by atoms with Crippen molar-refractivity contribution in [1.82, 2.24) is 20.0 Å². The number of morpholine rings is 1. The summed E-state index contributed by atoms with van der Waals surface area (Å²) in [5, 5.41) is 7.73. The molecule has 2 heterocycles. The van der Waals surface area contributed by atoms with Gasteiger partial charge in [0, 0.05) is 38.9 Å². The molecule has 1 aliphatic rings. The van der Waals surface area contributed by atoms with Gasteiger partial charge in [-0.1, -0.05) is 17.7 Å². The first-order valence-electron chi connectivity index (χ1n) is 9.30. The van der Waals surface area contributed by atoms with E-state index >= 15 is 0 Å². The van der Waals surface area contributed by atoms with E-state index in [-0.39, 0.29) is 30.1 Å². The number of rotatable bonds is 5. The van der Waals surface area contributed by atoms with Crippen LogP contribution in [0.15, 0.2) is 35.6 Å². The SMILES string of the molecule is CN=C(NCCc1cc(C)ccc1OC)N1CCOC(c2cnn(C)c2)C1.I. The summed E-state index contributed by atoms with van der Waals surface area (Å²) < 4.78 is 13.2. The highest BCUT2D eigenvalue weighted by molar-refractivity contribution is 14.0. The van der Waals surface area contributed by atoms with Crippen molar-refractivity contribution >= 4 is 29.9 Å². The van der Waals surface area contributed by atoms with Crippen LogP contribution in [0, 0.1) is 6.92 Å². The second-order valence-corrected chi connectivity index (χ2v) is 6.79. The molecule has 0 bridgehead atoms. The molecule has 154 valence electrons. The first-order chi connectivity index (χ1) is 13.1. The van der Waals surface area contributed by atoms with Gasteiger partial charge in [-0.3, -0.25) is 9.67 Å². The van der Waals surface area contributed by atoms with Crippen LogP contribution in [0.3, 0.4) is 0 Å². The standard InChI is InChI=1S/C20H29N5O2.HI/c1-15-5-6-18(26-4)16(11-15)7-8-22-20(21-2)25-9-10-27-19(14-25)17-12-23-24(3)13-17;/h5-6,11-13,19H,7-10,14H2,1-4H3,(H,21,22);1H. The van der Waals surface area contributed by atoms with Gasteiger partial charge < -0.3 is 19.7 Å². The van der Waals surface area contributed by atoms with Crippen LogP contribution in [0.4, 0.5) is 0 Å². The van der Waals surface area contributed by atoms with E-state index in [2.05, 4.69) is 39.4 Å². The molecule has 0 amide bonds. The molecule has 0 aliphatic carbocycles. The normalized spacial score (nSPS) is 17.2.